The second-order valence-electron chi connectivity index (χ2n) is 4.66. The van der Waals surface area contributed by atoms with Gasteiger partial charge in [0, 0.05) is 9.92 Å². The third-order valence-corrected chi connectivity index (χ3v) is 4.25. The van der Waals surface area contributed by atoms with E-state index in [4.69, 9.17) is 11.6 Å². The number of rotatable bonds is 4. The summed E-state index contributed by atoms with van der Waals surface area (Å²) in [6.45, 7) is 0. The molecule has 1 heterocycles. The summed E-state index contributed by atoms with van der Waals surface area (Å²) in [5.41, 5.74) is 1.88. The van der Waals surface area contributed by atoms with E-state index in [1.165, 1.54) is 18.1 Å². The van der Waals surface area contributed by atoms with Gasteiger partial charge >= 0.3 is 0 Å². The molecule has 0 aliphatic heterocycles. The molecule has 116 valence electrons. The van der Waals surface area contributed by atoms with Crippen molar-refractivity contribution in [2.45, 2.75) is 4.90 Å². The highest BCUT2D eigenvalue weighted by atomic mass is 35.5. The monoisotopic (exact) mass is 344 g/mol. The van der Waals surface area contributed by atoms with E-state index in [2.05, 4.69) is 15.4 Å². The predicted molar refractivity (Wildman–Crippen MR) is 92.5 cm³/mol. The SMILES string of the molecule is CSc1ccccc1C(=O)Nc1cc(Cl)ccc1-n1cncn1. The molecule has 0 fully saturated rings. The number of hydrogen-bond acceptors (Lipinski definition) is 4. The van der Waals surface area contributed by atoms with Crippen LogP contribution in [-0.2, 0) is 0 Å². The van der Waals surface area contributed by atoms with E-state index in [1.807, 2.05) is 24.5 Å². The van der Waals surface area contributed by atoms with Crippen LogP contribution in [0.2, 0.25) is 5.02 Å². The third kappa shape index (κ3) is 3.38. The molecule has 0 spiro atoms. The largest absolute Gasteiger partial charge is 0.320 e. The topological polar surface area (TPSA) is 59.8 Å². The van der Waals surface area contributed by atoms with Gasteiger partial charge in [-0.15, -0.1) is 11.8 Å². The Morgan fingerprint density at radius 1 is 1.26 bits per heavy atom. The van der Waals surface area contributed by atoms with E-state index in [1.54, 1.807) is 35.3 Å². The molecular formula is C16H13ClN4OS. The van der Waals surface area contributed by atoms with Crippen molar-refractivity contribution in [3.63, 3.8) is 0 Å². The summed E-state index contributed by atoms with van der Waals surface area (Å²) in [5, 5.41) is 7.53. The molecule has 0 aliphatic carbocycles. The summed E-state index contributed by atoms with van der Waals surface area (Å²) in [4.78, 5) is 17.5. The maximum absolute atomic E-state index is 12.6. The van der Waals surface area contributed by atoms with Crippen molar-refractivity contribution in [3.8, 4) is 5.69 Å². The smallest absolute Gasteiger partial charge is 0.256 e. The average molecular weight is 345 g/mol. The number of carbonyl (C=O) groups is 1. The van der Waals surface area contributed by atoms with Gasteiger partial charge in [-0.1, -0.05) is 23.7 Å². The number of aromatic nitrogens is 3. The molecule has 0 saturated carbocycles. The first-order valence-corrected chi connectivity index (χ1v) is 8.38. The minimum atomic E-state index is -0.196. The minimum absolute atomic E-state index is 0.196. The summed E-state index contributed by atoms with van der Waals surface area (Å²) < 4.78 is 1.58. The lowest BCUT2D eigenvalue weighted by Gasteiger charge is -2.12. The van der Waals surface area contributed by atoms with Gasteiger partial charge < -0.3 is 5.32 Å². The van der Waals surface area contributed by atoms with Crippen LogP contribution in [0.1, 0.15) is 10.4 Å². The Hall–Kier alpha value is -2.31. The van der Waals surface area contributed by atoms with Crippen LogP contribution in [0, 0.1) is 0 Å². The second-order valence-corrected chi connectivity index (χ2v) is 5.94. The van der Waals surface area contributed by atoms with Crippen LogP contribution in [0.25, 0.3) is 5.69 Å². The molecule has 0 radical (unpaired) electrons. The maximum atomic E-state index is 12.6. The van der Waals surface area contributed by atoms with Crippen molar-refractivity contribution < 1.29 is 4.79 Å². The molecule has 0 aliphatic rings. The van der Waals surface area contributed by atoms with Crippen molar-refractivity contribution in [2.24, 2.45) is 0 Å². The summed E-state index contributed by atoms with van der Waals surface area (Å²) in [6.07, 6.45) is 4.93. The molecule has 1 N–H and O–H groups in total. The van der Waals surface area contributed by atoms with Crippen LogP contribution in [0.15, 0.2) is 60.0 Å². The van der Waals surface area contributed by atoms with E-state index in [-0.39, 0.29) is 5.91 Å². The average Bonchev–Trinajstić information content (AvgIpc) is 3.09. The number of hydrogen-bond donors (Lipinski definition) is 1. The Bertz CT molecular complexity index is 836. The van der Waals surface area contributed by atoms with Gasteiger partial charge in [-0.3, -0.25) is 4.79 Å². The fourth-order valence-electron chi connectivity index (χ4n) is 2.16. The van der Waals surface area contributed by atoms with Gasteiger partial charge in [0.1, 0.15) is 12.7 Å². The number of amides is 1. The quantitative estimate of drug-likeness (QED) is 0.729. The number of carbonyl (C=O) groups excluding carboxylic acids is 1. The molecule has 1 amide bonds. The number of halogens is 1. The van der Waals surface area contributed by atoms with E-state index < -0.39 is 0 Å². The van der Waals surface area contributed by atoms with Crippen molar-refractivity contribution in [1.29, 1.82) is 0 Å². The number of anilines is 1. The van der Waals surface area contributed by atoms with Gasteiger partial charge in [0.25, 0.3) is 5.91 Å². The van der Waals surface area contributed by atoms with Crippen LogP contribution >= 0.6 is 23.4 Å². The highest BCUT2D eigenvalue weighted by Gasteiger charge is 2.14. The van der Waals surface area contributed by atoms with Crippen LogP contribution in [0.3, 0.4) is 0 Å². The molecule has 0 bridgehead atoms. The van der Waals surface area contributed by atoms with Gasteiger partial charge in [-0.05, 0) is 36.6 Å². The summed E-state index contributed by atoms with van der Waals surface area (Å²) in [5.74, 6) is -0.196. The van der Waals surface area contributed by atoms with Crippen molar-refractivity contribution >= 4 is 35.0 Å². The van der Waals surface area contributed by atoms with Gasteiger partial charge in [0.05, 0.1) is 16.9 Å². The zero-order chi connectivity index (χ0) is 16.2. The normalized spacial score (nSPS) is 10.5. The van der Waals surface area contributed by atoms with Crippen molar-refractivity contribution in [1.82, 2.24) is 14.8 Å². The molecule has 0 saturated heterocycles. The fourth-order valence-corrected chi connectivity index (χ4v) is 2.93. The van der Waals surface area contributed by atoms with E-state index >= 15 is 0 Å². The van der Waals surface area contributed by atoms with E-state index in [0.29, 0.717) is 22.0 Å². The Kier molecular flexibility index (Phi) is 4.64. The molecule has 0 atom stereocenters. The first-order chi connectivity index (χ1) is 11.2. The van der Waals surface area contributed by atoms with Crippen LogP contribution in [0.5, 0.6) is 0 Å². The van der Waals surface area contributed by atoms with Gasteiger partial charge in [0.2, 0.25) is 0 Å². The van der Waals surface area contributed by atoms with Crippen LogP contribution < -0.4 is 5.32 Å². The number of nitrogens with zero attached hydrogens (tertiary/aromatic N) is 3. The second kappa shape index (κ2) is 6.85. The lowest BCUT2D eigenvalue weighted by Crippen LogP contribution is -2.15. The molecule has 0 unspecified atom stereocenters. The first-order valence-electron chi connectivity index (χ1n) is 6.78. The molecular weight excluding hydrogens is 332 g/mol. The first kappa shape index (κ1) is 15.6. The zero-order valence-corrected chi connectivity index (χ0v) is 13.8. The molecule has 23 heavy (non-hydrogen) atoms. The van der Waals surface area contributed by atoms with Crippen molar-refractivity contribution in [3.05, 3.63) is 65.7 Å². The van der Waals surface area contributed by atoms with Crippen molar-refractivity contribution in [2.75, 3.05) is 11.6 Å². The lowest BCUT2D eigenvalue weighted by atomic mass is 10.2. The van der Waals surface area contributed by atoms with E-state index in [0.717, 1.165) is 4.90 Å². The van der Waals surface area contributed by atoms with Gasteiger partial charge in [0.15, 0.2) is 0 Å². The molecule has 2 aromatic carbocycles. The number of thioether (sulfide) groups is 1. The lowest BCUT2D eigenvalue weighted by molar-refractivity contribution is 0.102. The molecule has 3 aromatic rings. The third-order valence-electron chi connectivity index (χ3n) is 3.22. The fraction of sp³-hybridized carbons (Fsp3) is 0.0625. The standard InChI is InChI=1S/C16H13ClN4OS/c1-23-15-5-3-2-4-12(15)16(22)20-13-8-11(17)6-7-14(13)21-10-18-9-19-21/h2-10H,1H3,(H,20,22). The Balaban J connectivity index is 1.96. The zero-order valence-electron chi connectivity index (χ0n) is 12.2. The Morgan fingerprint density at radius 3 is 2.83 bits per heavy atom. The Labute approximate surface area is 142 Å². The summed E-state index contributed by atoms with van der Waals surface area (Å²) >= 11 is 7.59. The van der Waals surface area contributed by atoms with Crippen LogP contribution in [-0.4, -0.2) is 26.9 Å². The Morgan fingerprint density at radius 2 is 2.09 bits per heavy atom. The number of benzene rings is 2. The predicted octanol–water partition coefficient (Wildman–Crippen LogP) is 3.89. The molecule has 7 heteroatoms. The van der Waals surface area contributed by atoms with Gasteiger partial charge in [-0.2, -0.15) is 5.10 Å². The highest BCUT2D eigenvalue weighted by molar-refractivity contribution is 7.98. The van der Waals surface area contributed by atoms with E-state index in [9.17, 15) is 4.79 Å². The molecule has 5 nitrogen and oxygen atoms in total. The molecule has 1 aromatic heterocycles. The maximum Gasteiger partial charge on any atom is 0.256 e. The highest BCUT2D eigenvalue weighted by Crippen LogP contribution is 2.26. The molecule has 3 rings (SSSR count). The summed E-state index contributed by atoms with van der Waals surface area (Å²) in [7, 11) is 0. The summed E-state index contributed by atoms with van der Waals surface area (Å²) in [6, 6.07) is 12.7. The minimum Gasteiger partial charge on any atom is -0.320 e. The van der Waals surface area contributed by atoms with Crippen LogP contribution in [0.4, 0.5) is 5.69 Å². The van der Waals surface area contributed by atoms with Gasteiger partial charge in [-0.25, -0.2) is 9.67 Å². The number of nitrogens with one attached hydrogen (secondary N) is 1.